The summed E-state index contributed by atoms with van der Waals surface area (Å²) in [4.78, 5) is 45.4. The fraction of sp³-hybridized carbons (Fsp3) is 0.577. The number of aromatic hydroxyl groups is 1. The summed E-state index contributed by atoms with van der Waals surface area (Å²) < 4.78 is 0. The van der Waals surface area contributed by atoms with Crippen LogP contribution >= 0.6 is 11.8 Å². The molecule has 10 heteroatoms. The van der Waals surface area contributed by atoms with E-state index >= 15 is 0 Å². The fourth-order valence-corrected chi connectivity index (χ4v) is 5.69. The number of phenols is 1. The number of aliphatic imine (C=N–C) groups is 1. The van der Waals surface area contributed by atoms with Gasteiger partial charge in [0.1, 0.15) is 23.2 Å². The molecule has 4 rings (SSSR count). The Morgan fingerprint density at radius 3 is 2.58 bits per heavy atom. The van der Waals surface area contributed by atoms with E-state index in [1.165, 1.54) is 4.90 Å². The number of carbonyl (C=O) groups is 3. The normalized spacial score (nSPS) is 25.2. The number of amides is 3. The number of hydrogen-bond donors (Lipinski definition) is 3. The summed E-state index contributed by atoms with van der Waals surface area (Å²) in [5.41, 5.74) is 1.36. The van der Waals surface area contributed by atoms with Crippen LogP contribution in [0.3, 0.4) is 0 Å². The Labute approximate surface area is 215 Å². The summed E-state index contributed by atoms with van der Waals surface area (Å²) in [6.45, 7) is 7.95. The maximum absolute atomic E-state index is 13.6. The molecule has 36 heavy (non-hydrogen) atoms. The first-order chi connectivity index (χ1) is 17.0. The first kappa shape index (κ1) is 26.0. The van der Waals surface area contributed by atoms with Crippen molar-refractivity contribution < 1.29 is 19.5 Å². The molecule has 2 heterocycles. The second-order valence-corrected chi connectivity index (χ2v) is 12.0. The van der Waals surface area contributed by atoms with E-state index in [1.54, 1.807) is 23.9 Å². The van der Waals surface area contributed by atoms with Crippen molar-refractivity contribution in [3.63, 3.8) is 0 Å². The topological polar surface area (TPSA) is 135 Å². The zero-order valence-electron chi connectivity index (χ0n) is 21.1. The molecule has 0 radical (unpaired) electrons. The third kappa shape index (κ3) is 5.07. The van der Waals surface area contributed by atoms with Crippen LogP contribution in [0.5, 0.6) is 5.75 Å². The molecule has 0 aromatic heterocycles. The highest BCUT2D eigenvalue weighted by molar-refractivity contribution is 8.12. The number of hydrogen-bond acceptors (Lipinski definition) is 7. The summed E-state index contributed by atoms with van der Waals surface area (Å²) in [7, 11) is 0. The Bertz CT molecular complexity index is 1130. The third-order valence-corrected chi connectivity index (χ3v) is 8.38. The largest absolute Gasteiger partial charge is 0.506 e. The molecule has 1 aromatic rings. The van der Waals surface area contributed by atoms with Gasteiger partial charge in [-0.2, -0.15) is 5.26 Å². The van der Waals surface area contributed by atoms with Gasteiger partial charge in [-0.25, -0.2) is 0 Å². The number of carbonyl (C=O) groups excluding carboxylic acids is 3. The smallest absolute Gasteiger partial charge is 0.247 e. The first-order valence-corrected chi connectivity index (χ1v) is 13.2. The van der Waals surface area contributed by atoms with Gasteiger partial charge in [-0.3, -0.25) is 19.4 Å². The van der Waals surface area contributed by atoms with Gasteiger partial charge in [0.2, 0.25) is 17.7 Å². The van der Waals surface area contributed by atoms with E-state index in [4.69, 9.17) is 0 Å². The summed E-state index contributed by atoms with van der Waals surface area (Å²) in [5, 5.41) is 25.7. The lowest BCUT2D eigenvalue weighted by Gasteiger charge is -2.35. The maximum atomic E-state index is 13.6. The molecule has 2 fully saturated rings. The van der Waals surface area contributed by atoms with Crippen LogP contribution in [0.15, 0.2) is 23.2 Å². The van der Waals surface area contributed by atoms with Gasteiger partial charge in [0.15, 0.2) is 0 Å². The van der Waals surface area contributed by atoms with E-state index in [0.29, 0.717) is 32.2 Å². The molecule has 3 aliphatic rings. The molecule has 3 amide bonds. The van der Waals surface area contributed by atoms with Crippen LogP contribution in [0.2, 0.25) is 0 Å². The van der Waals surface area contributed by atoms with Gasteiger partial charge in [0.25, 0.3) is 0 Å². The number of nitrogens with one attached hydrogen (secondary N) is 2. The maximum Gasteiger partial charge on any atom is 0.247 e. The van der Waals surface area contributed by atoms with Gasteiger partial charge in [0, 0.05) is 6.54 Å². The Morgan fingerprint density at radius 1 is 1.31 bits per heavy atom. The molecular formula is C26H33N5O4S. The molecular weight excluding hydrogens is 478 g/mol. The molecule has 1 aliphatic carbocycles. The number of anilines is 1. The van der Waals surface area contributed by atoms with Gasteiger partial charge in [-0.15, -0.1) is 11.8 Å². The van der Waals surface area contributed by atoms with E-state index in [0.717, 1.165) is 5.56 Å². The lowest BCUT2D eigenvalue weighted by Crippen LogP contribution is -2.58. The van der Waals surface area contributed by atoms with Crippen molar-refractivity contribution in [1.82, 2.24) is 10.2 Å². The Kier molecular flexibility index (Phi) is 7.06. The molecule has 1 saturated heterocycles. The molecule has 1 saturated carbocycles. The second kappa shape index (κ2) is 9.77. The number of thioether (sulfide) groups is 1. The number of nitrogens with zero attached hydrogens (tertiary/aromatic N) is 3. The highest BCUT2D eigenvalue weighted by Gasteiger charge is 2.53. The monoisotopic (exact) mass is 511 g/mol. The minimum absolute atomic E-state index is 0.0394. The van der Waals surface area contributed by atoms with E-state index in [2.05, 4.69) is 21.7 Å². The average Bonchev–Trinajstić information content (AvgIpc) is 3.25. The Hall–Kier alpha value is -3.06. The van der Waals surface area contributed by atoms with Crippen LogP contribution < -0.4 is 10.6 Å². The van der Waals surface area contributed by atoms with Gasteiger partial charge in [-0.1, -0.05) is 26.8 Å². The summed E-state index contributed by atoms with van der Waals surface area (Å²) >= 11 is 1.59. The molecule has 1 aromatic carbocycles. The van der Waals surface area contributed by atoms with Crippen molar-refractivity contribution in [2.75, 3.05) is 11.9 Å². The molecule has 0 spiro atoms. The molecule has 9 nitrogen and oxygen atoms in total. The second-order valence-electron chi connectivity index (χ2n) is 11.0. The van der Waals surface area contributed by atoms with Crippen LogP contribution in [0.4, 0.5) is 5.69 Å². The van der Waals surface area contributed by atoms with Crippen molar-refractivity contribution in [3.05, 3.63) is 23.8 Å². The lowest BCUT2D eigenvalue weighted by atomic mass is 9.85. The predicted molar refractivity (Wildman–Crippen MR) is 138 cm³/mol. The Morgan fingerprint density at radius 2 is 2.03 bits per heavy atom. The molecule has 192 valence electrons. The van der Waals surface area contributed by atoms with Crippen LogP contribution in [-0.4, -0.2) is 57.9 Å². The molecule has 0 bridgehead atoms. The fourth-order valence-electron chi connectivity index (χ4n) is 4.69. The highest BCUT2D eigenvalue weighted by atomic mass is 32.2. The molecule has 3 N–H and O–H groups in total. The highest BCUT2D eigenvalue weighted by Crippen LogP contribution is 2.45. The lowest BCUT2D eigenvalue weighted by molar-refractivity contribution is -0.143. The van der Waals surface area contributed by atoms with Crippen molar-refractivity contribution in [2.24, 2.45) is 15.8 Å². The van der Waals surface area contributed by atoms with E-state index < -0.39 is 28.8 Å². The standard InChI is InChI=1S/C26H33N5O4S/c1-15-20(36-14-28-15)16-7-8-17(19(32)12-16)29-22(33)18-6-5-11-31(18)23(34)21(25(2,3)4)30-24(35)26(13-27)9-10-26/h7-8,12,14-15,18,20-21,32H,5-6,9-11H2,1-4H3,(H,29,33)(H,30,35). The third-order valence-electron chi connectivity index (χ3n) is 7.18. The number of nitriles is 1. The van der Waals surface area contributed by atoms with Crippen molar-refractivity contribution in [1.29, 1.82) is 5.26 Å². The average molecular weight is 512 g/mol. The van der Waals surface area contributed by atoms with E-state index in [-0.39, 0.29) is 34.5 Å². The van der Waals surface area contributed by atoms with E-state index in [1.807, 2.05) is 39.3 Å². The predicted octanol–water partition coefficient (Wildman–Crippen LogP) is 3.36. The van der Waals surface area contributed by atoms with Crippen LogP contribution in [0, 0.1) is 22.2 Å². The summed E-state index contributed by atoms with van der Waals surface area (Å²) in [6.07, 6.45) is 2.11. The number of phenolic OH excluding ortho intramolecular Hbond substituents is 1. The number of rotatable bonds is 6. The van der Waals surface area contributed by atoms with Gasteiger partial charge >= 0.3 is 0 Å². The Balaban J connectivity index is 1.46. The van der Waals surface area contributed by atoms with Crippen LogP contribution in [0.25, 0.3) is 0 Å². The van der Waals surface area contributed by atoms with Crippen molar-refractivity contribution >= 4 is 40.7 Å². The van der Waals surface area contributed by atoms with Crippen LogP contribution in [0.1, 0.15) is 64.2 Å². The SMILES string of the molecule is CC1N=CSC1c1ccc(NC(=O)C2CCCN2C(=O)C(NC(=O)C2(C#N)CC2)C(C)(C)C)c(O)c1. The van der Waals surface area contributed by atoms with Crippen molar-refractivity contribution in [3.8, 4) is 11.8 Å². The van der Waals surface area contributed by atoms with E-state index in [9.17, 15) is 24.8 Å². The molecule has 2 aliphatic heterocycles. The van der Waals surface area contributed by atoms with Crippen molar-refractivity contribution in [2.45, 2.75) is 76.8 Å². The molecule has 4 unspecified atom stereocenters. The van der Waals surface area contributed by atoms with Gasteiger partial charge < -0.3 is 20.6 Å². The zero-order chi connectivity index (χ0) is 26.3. The first-order valence-electron chi connectivity index (χ1n) is 12.3. The minimum atomic E-state index is -1.05. The summed E-state index contributed by atoms with van der Waals surface area (Å²) in [5.74, 6) is -1.19. The minimum Gasteiger partial charge on any atom is -0.506 e. The number of likely N-dealkylation sites (tertiary alicyclic amines) is 1. The zero-order valence-corrected chi connectivity index (χ0v) is 21.9. The summed E-state index contributed by atoms with van der Waals surface area (Å²) in [6, 6.07) is 5.76. The number of benzene rings is 1. The van der Waals surface area contributed by atoms with Gasteiger partial charge in [0.05, 0.1) is 28.6 Å². The molecule has 4 atom stereocenters. The van der Waals surface area contributed by atoms with Gasteiger partial charge in [-0.05, 0) is 55.7 Å². The quantitative estimate of drug-likeness (QED) is 0.501. The van der Waals surface area contributed by atoms with Crippen LogP contribution in [-0.2, 0) is 14.4 Å².